The summed E-state index contributed by atoms with van der Waals surface area (Å²) in [5.74, 6) is 0.139. The highest BCUT2D eigenvalue weighted by atomic mass is 79.9. The summed E-state index contributed by atoms with van der Waals surface area (Å²) >= 11 is 3.32. The molecule has 0 radical (unpaired) electrons. The zero-order valence-electron chi connectivity index (χ0n) is 10.0. The molecule has 0 unspecified atom stereocenters. The van der Waals surface area contributed by atoms with E-state index in [2.05, 4.69) is 20.9 Å². The van der Waals surface area contributed by atoms with E-state index in [1.165, 1.54) is 0 Å². The van der Waals surface area contributed by atoms with Crippen LogP contribution in [-0.2, 0) is 4.74 Å². The number of rotatable bonds is 1. The zero-order valence-corrected chi connectivity index (χ0v) is 11.6. The molecule has 0 atom stereocenters. The number of amides is 1. The Balaban J connectivity index is 2.83. The number of hydrogen-bond donors (Lipinski definition) is 1. The van der Waals surface area contributed by atoms with Crippen molar-refractivity contribution >= 4 is 27.9 Å². The first kappa shape index (κ1) is 13.7. The van der Waals surface area contributed by atoms with Crippen LogP contribution >= 0.6 is 15.9 Å². The average molecular weight is 299 g/mol. The van der Waals surface area contributed by atoms with Crippen LogP contribution in [0.3, 0.4) is 0 Å². The van der Waals surface area contributed by atoms with Crippen LogP contribution in [0.2, 0.25) is 0 Å². The lowest BCUT2D eigenvalue weighted by molar-refractivity contribution is 0.0604. The fourth-order valence-electron chi connectivity index (χ4n) is 1.10. The molecule has 17 heavy (non-hydrogen) atoms. The van der Waals surface area contributed by atoms with Crippen molar-refractivity contribution in [3.63, 3.8) is 0 Å². The highest BCUT2D eigenvalue weighted by Gasteiger charge is 2.16. The highest BCUT2D eigenvalue weighted by Crippen LogP contribution is 2.12. The number of halogens is 1. The zero-order chi connectivity index (χ0) is 13.1. The van der Waals surface area contributed by atoms with Gasteiger partial charge in [0.2, 0.25) is 0 Å². The number of benzene rings is 1. The first-order valence-electron chi connectivity index (χ1n) is 5.11. The molecule has 0 aliphatic rings. The van der Waals surface area contributed by atoms with Gasteiger partial charge in [-0.25, -0.2) is 4.79 Å². The van der Waals surface area contributed by atoms with Gasteiger partial charge in [-0.1, -0.05) is 28.1 Å². The molecule has 0 saturated carbocycles. The molecule has 5 heteroatoms. The topological polar surface area (TPSA) is 64.7 Å². The van der Waals surface area contributed by atoms with Gasteiger partial charge in [-0.15, -0.1) is 0 Å². The van der Waals surface area contributed by atoms with Crippen LogP contribution in [0.5, 0.6) is 0 Å². The maximum atomic E-state index is 11.4. The standard InChI is InChI=1S/C12H15BrN2O2/c1-12(2,3)17-11(16)15-10(14)8-5-4-6-9(13)7-8/h4-7H,1-3H3,(H2,14,15,16). The van der Waals surface area contributed by atoms with Gasteiger partial charge in [-0.2, -0.15) is 4.99 Å². The third-order valence-corrected chi connectivity index (χ3v) is 2.22. The van der Waals surface area contributed by atoms with E-state index in [-0.39, 0.29) is 5.84 Å². The molecule has 0 spiro atoms. The Hall–Kier alpha value is -1.36. The maximum Gasteiger partial charge on any atom is 0.436 e. The number of amidine groups is 1. The van der Waals surface area contributed by atoms with Crippen molar-refractivity contribution < 1.29 is 9.53 Å². The van der Waals surface area contributed by atoms with E-state index in [1.54, 1.807) is 32.9 Å². The average Bonchev–Trinajstić information content (AvgIpc) is 2.14. The maximum absolute atomic E-state index is 11.4. The second kappa shape index (κ2) is 5.31. The quantitative estimate of drug-likeness (QED) is 0.640. The molecule has 4 nitrogen and oxygen atoms in total. The molecule has 0 aliphatic carbocycles. The van der Waals surface area contributed by atoms with Crippen LogP contribution in [0, 0.1) is 0 Å². The highest BCUT2D eigenvalue weighted by molar-refractivity contribution is 9.10. The number of nitrogens with zero attached hydrogens (tertiary/aromatic N) is 1. The summed E-state index contributed by atoms with van der Waals surface area (Å²) in [5, 5.41) is 0. The molecule has 1 aromatic rings. The Morgan fingerprint density at radius 3 is 2.59 bits per heavy atom. The van der Waals surface area contributed by atoms with Crippen molar-refractivity contribution in [1.82, 2.24) is 0 Å². The summed E-state index contributed by atoms with van der Waals surface area (Å²) < 4.78 is 5.91. The van der Waals surface area contributed by atoms with E-state index in [1.807, 2.05) is 12.1 Å². The Morgan fingerprint density at radius 2 is 2.06 bits per heavy atom. The predicted molar refractivity (Wildman–Crippen MR) is 71.1 cm³/mol. The van der Waals surface area contributed by atoms with Gasteiger partial charge in [0, 0.05) is 10.0 Å². The first-order chi connectivity index (χ1) is 7.78. The predicted octanol–water partition coefficient (Wildman–Crippen LogP) is 3.09. The van der Waals surface area contributed by atoms with Gasteiger partial charge >= 0.3 is 6.09 Å². The van der Waals surface area contributed by atoms with Crippen molar-refractivity contribution in [3.05, 3.63) is 34.3 Å². The van der Waals surface area contributed by atoms with Gasteiger partial charge in [0.1, 0.15) is 11.4 Å². The van der Waals surface area contributed by atoms with Crippen LogP contribution < -0.4 is 5.73 Å². The molecule has 0 saturated heterocycles. The number of hydrogen-bond acceptors (Lipinski definition) is 2. The van der Waals surface area contributed by atoms with Crippen molar-refractivity contribution in [3.8, 4) is 0 Å². The summed E-state index contributed by atoms with van der Waals surface area (Å²) in [6, 6.07) is 7.23. The lowest BCUT2D eigenvalue weighted by atomic mass is 10.2. The first-order valence-corrected chi connectivity index (χ1v) is 5.90. The summed E-state index contributed by atoms with van der Waals surface area (Å²) in [7, 11) is 0. The SMILES string of the molecule is CC(C)(C)OC(=O)N=C(N)c1cccc(Br)c1. The van der Waals surface area contributed by atoms with E-state index >= 15 is 0 Å². The molecule has 0 aliphatic heterocycles. The van der Waals surface area contributed by atoms with Crippen LogP contribution in [0.25, 0.3) is 0 Å². The minimum absolute atomic E-state index is 0.139. The van der Waals surface area contributed by atoms with Gasteiger partial charge in [0.25, 0.3) is 0 Å². The Morgan fingerprint density at radius 1 is 1.41 bits per heavy atom. The molecule has 1 aromatic carbocycles. The summed E-state index contributed by atoms with van der Waals surface area (Å²) in [5.41, 5.74) is 5.81. The van der Waals surface area contributed by atoms with Gasteiger partial charge in [-0.3, -0.25) is 0 Å². The van der Waals surface area contributed by atoms with Crippen LogP contribution in [0.1, 0.15) is 26.3 Å². The number of nitrogens with two attached hydrogens (primary N) is 1. The van der Waals surface area contributed by atoms with E-state index in [0.717, 1.165) is 4.47 Å². The lowest BCUT2D eigenvalue weighted by Crippen LogP contribution is -2.24. The van der Waals surface area contributed by atoms with E-state index in [9.17, 15) is 4.79 Å². The second-order valence-corrected chi connectivity index (χ2v) is 5.40. The Kier molecular flexibility index (Phi) is 4.28. The minimum atomic E-state index is -0.685. The number of carbonyl (C=O) groups excluding carboxylic acids is 1. The minimum Gasteiger partial charge on any atom is -0.442 e. The molecule has 0 fully saturated rings. The molecule has 1 amide bonds. The molecule has 0 bridgehead atoms. The van der Waals surface area contributed by atoms with Gasteiger partial charge in [-0.05, 0) is 32.9 Å². The van der Waals surface area contributed by atoms with Crippen molar-refractivity contribution in [2.75, 3.05) is 0 Å². The summed E-state index contributed by atoms with van der Waals surface area (Å²) in [6.07, 6.45) is -0.685. The number of aliphatic imine (C=N–C) groups is 1. The van der Waals surface area contributed by atoms with Crippen molar-refractivity contribution in [2.24, 2.45) is 10.7 Å². The van der Waals surface area contributed by atoms with E-state index in [4.69, 9.17) is 10.5 Å². The molecule has 2 N–H and O–H groups in total. The fourth-order valence-corrected chi connectivity index (χ4v) is 1.49. The molecule has 1 rings (SSSR count). The summed E-state index contributed by atoms with van der Waals surface area (Å²) in [6.45, 7) is 5.32. The smallest absolute Gasteiger partial charge is 0.436 e. The number of carbonyl (C=O) groups is 1. The molecular weight excluding hydrogens is 284 g/mol. The molecule has 0 aromatic heterocycles. The van der Waals surface area contributed by atoms with Crippen LogP contribution in [0.15, 0.2) is 33.7 Å². The Labute approximate surface area is 109 Å². The fraction of sp³-hybridized carbons (Fsp3) is 0.333. The van der Waals surface area contributed by atoms with E-state index < -0.39 is 11.7 Å². The summed E-state index contributed by atoms with van der Waals surface area (Å²) in [4.78, 5) is 15.1. The van der Waals surface area contributed by atoms with Gasteiger partial charge < -0.3 is 10.5 Å². The second-order valence-electron chi connectivity index (χ2n) is 4.49. The van der Waals surface area contributed by atoms with Gasteiger partial charge in [0.15, 0.2) is 0 Å². The third-order valence-electron chi connectivity index (χ3n) is 1.73. The molecular formula is C12H15BrN2O2. The lowest BCUT2D eigenvalue weighted by Gasteiger charge is -2.17. The monoisotopic (exact) mass is 298 g/mol. The van der Waals surface area contributed by atoms with Crippen molar-refractivity contribution in [2.45, 2.75) is 26.4 Å². The van der Waals surface area contributed by atoms with Crippen molar-refractivity contribution in [1.29, 1.82) is 0 Å². The molecule has 0 heterocycles. The Bertz CT molecular complexity index is 450. The van der Waals surface area contributed by atoms with Gasteiger partial charge in [0.05, 0.1) is 0 Å². The van der Waals surface area contributed by atoms with Crippen LogP contribution in [0.4, 0.5) is 4.79 Å². The largest absolute Gasteiger partial charge is 0.442 e. The normalized spacial score (nSPS) is 12.4. The third kappa shape index (κ3) is 4.99. The molecule has 92 valence electrons. The number of ether oxygens (including phenoxy) is 1. The van der Waals surface area contributed by atoms with Crippen LogP contribution in [-0.4, -0.2) is 17.5 Å². The van der Waals surface area contributed by atoms with E-state index in [0.29, 0.717) is 5.56 Å².